The van der Waals surface area contributed by atoms with E-state index in [4.69, 9.17) is 28.4 Å². The summed E-state index contributed by atoms with van der Waals surface area (Å²) in [7, 11) is 0. The lowest BCUT2D eigenvalue weighted by Crippen LogP contribution is -2.66. The van der Waals surface area contributed by atoms with Crippen LogP contribution < -0.4 is 5.32 Å². The normalized spacial score (nSPS) is 29.4. The predicted octanol–water partition coefficient (Wildman–Crippen LogP) is 7.66. The maximum atomic E-state index is 13.3. The Labute approximate surface area is 504 Å². The molecule has 3 aliphatic heterocycles. The first-order valence-corrected chi connectivity index (χ1v) is 33.2. The topological polar surface area (TPSA) is 307 Å². The molecule has 84 heavy (non-hydrogen) atoms. The zero-order chi connectivity index (χ0) is 61.2. The van der Waals surface area contributed by atoms with Crippen LogP contribution in [0.15, 0.2) is 36.5 Å². The van der Waals surface area contributed by atoms with Crippen molar-refractivity contribution in [1.82, 2.24) is 5.32 Å². The predicted molar refractivity (Wildman–Crippen MR) is 323 cm³/mol. The molecule has 3 fully saturated rings. The zero-order valence-electron chi connectivity index (χ0n) is 51.6. The smallest absolute Gasteiger partial charge is 0.220 e. The Bertz CT molecular complexity index is 1670. The Morgan fingerprint density at radius 1 is 0.417 bits per heavy atom. The third kappa shape index (κ3) is 30.5. The molecule has 19 heteroatoms. The second-order valence-electron chi connectivity index (χ2n) is 23.9. The van der Waals surface area contributed by atoms with Gasteiger partial charge in [-0.15, -0.1) is 0 Å². The summed E-state index contributed by atoms with van der Waals surface area (Å²) in [6.45, 7) is 1.64. The van der Waals surface area contributed by atoms with Gasteiger partial charge in [0.1, 0.15) is 73.2 Å². The van der Waals surface area contributed by atoms with E-state index in [-0.39, 0.29) is 18.9 Å². The molecular formula is C65H119NO18. The van der Waals surface area contributed by atoms with E-state index in [1.54, 1.807) is 6.08 Å². The van der Waals surface area contributed by atoms with E-state index < -0.39 is 124 Å². The Hall–Kier alpha value is -1.99. The molecule has 17 atom stereocenters. The monoisotopic (exact) mass is 1200 g/mol. The Kier molecular flexibility index (Phi) is 43.5. The van der Waals surface area contributed by atoms with Crippen LogP contribution in [0.5, 0.6) is 0 Å². The van der Waals surface area contributed by atoms with Gasteiger partial charge < -0.3 is 89.9 Å². The van der Waals surface area contributed by atoms with Crippen LogP contribution in [-0.2, 0) is 33.2 Å². The average molecular weight is 1200 g/mol. The van der Waals surface area contributed by atoms with Gasteiger partial charge in [0.2, 0.25) is 5.91 Å². The number of rotatable bonds is 50. The molecular weight excluding hydrogens is 1080 g/mol. The summed E-state index contributed by atoms with van der Waals surface area (Å²) in [5.41, 5.74) is 0. The van der Waals surface area contributed by atoms with E-state index in [0.29, 0.717) is 12.8 Å². The second-order valence-corrected chi connectivity index (χ2v) is 23.9. The van der Waals surface area contributed by atoms with Gasteiger partial charge in [0, 0.05) is 6.42 Å². The maximum absolute atomic E-state index is 13.3. The molecule has 0 aromatic heterocycles. The van der Waals surface area contributed by atoms with Crippen LogP contribution in [0.2, 0.25) is 0 Å². The van der Waals surface area contributed by atoms with Gasteiger partial charge in [-0.25, -0.2) is 0 Å². The first kappa shape index (κ1) is 76.3. The van der Waals surface area contributed by atoms with Crippen LogP contribution in [0.1, 0.15) is 239 Å². The Morgan fingerprint density at radius 3 is 1.24 bits per heavy atom. The molecule has 0 saturated carbocycles. The van der Waals surface area contributed by atoms with E-state index in [1.165, 1.54) is 141 Å². The number of unbranched alkanes of at least 4 members (excludes halogenated alkanes) is 30. The number of amides is 1. The number of carbonyl (C=O) groups excluding carboxylic acids is 1. The van der Waals surface area contributed by atoms with Crippen molar-refractivity contribution < 1.29 is 89.4 Å². The molecule has 0 bridgehead atoms. The molecule has 3 rings (SSSR count). The number of aliphatic hydroxyl groups is 11. The number of carbonyl (C=O) groups is 1. The number of nitrogens with one attached hydrogen (secondary N) is 1. The van der Waals surface area contributed by atoms with Crippen LogP contribution in [-0.4, -0.2) is 193 Å². The van der Waals surface area contributed by atoms with Gasteiger partial charge in [-0.05, 0) is 51.4 Å². The number of hydrogen-bond acceptors (Lipinski definition) is 18. The minimum absolute atomic E-state index is 0.224. The molecule has 12 N–H and O–H groups in total. The quantitative estimate of drug-likeness (QED) is 0.0205. The Balaban J connectivity index is 1.41. The van der Waals surface area contributed by atoms with Gasteiger partial charge in [0.15, 0.2) is 18.9 Å². The maximum Gasteiger partial charge on any atom is 0.220 e. The number of allylic oxidation sites excluding steroid dienone is 5. The minimum Gasteiger partial charge on any atom is -0.394 e. The van der Waals surface area contributed by atoms with Gasteiger partial charge in [0.05, 0.1) is 38.6 Å². The second kappa shape index (κ2) is 47.9. The number of hydrogen-bond donors (Lipinski definition) is 12. The summed E-state index contributed by atoms with van der Waals surface area (Å²) in [5.74, 6) is -0.297. The van der Waals surface area contributed by atoms with Crippen molar-refractivity contribution in [1.29, 1.82) is 0 Å². The lowest BCUT2D eigenvalue weighted by atomic mass is 9.96. The first-order chi connectivity index (χ1) is 40.8. The standard InChI is InChI=1S/C65H119NO18/c1-3-5-7-9-11-13-15-16-17-18-19-20-21-22-23-24-25-26-27-28-29-30-31-32-33-34-36-38-40-42-49(70)48(66-53(71)43-41-39-37-35-14-12-10-8-6-4-2)47-79-63-59(77)56(74)61(51(45-68)81-63)84-65-60(78)57(75)62(52(46-69)82-65)83-64-58(76)55(73)54(72)50(44-67)80-64/h8,10,33-34,40,42,48-52,54-65,67-70,72-78H,3-7,9,11-32,35-39,41,43-47H2,1-2H3,(H,66,71)/b10-8-,34-33+,42-40+. The van der Waals surface area contributed by atoms with Crippen molar-refractivity contribution >= 4 is 5.91 Å². The minimum atomic E-state index is -1.98. The van der Waals surface area contributed by atoms with E-state index in [2.05, 4.69) is 43.5 Å². The van der Waals surface area contributed by atoms with Crippen molar-refractivity contribution in [2.24, 2.45) is 0 Å². The van der Waals surface area contributed by atoms with Crippen molar-refractivity contribution in [3.63, 3.8) is 0 Å². The third-order valence-electron chi connectivity index (χ3n) is 16.6. The fraction of sp³-hybridized carbons (Fsp3) is 0.892. The van der Waals surface area contributed by atoms with Crippen molar-refractivity contribution in [2.75, 3.05) is 26.4 Å². The molecule has 19 nitrogen and oxygen atoms in total. The summed E-state index contributed by atoms with van der Waals surface area (Å²) in [5, 5.41) is 120. The SMILES string of the molecule is CCC/C=C\CCCCCCCC(=O)NC(COC1OC(CO)C(OC2OC(CO)C(OC3OC(CO)C(O)C(O)C3O)C(O)C2O)C(O)C1O)C(O)/C=C/CC/C=C/CCCCCCCCCCCCCCCCCCCCCCCCC. The van der Waals surface area contributed by atoms with Crippen molar-refractivity contribution in [3.05, 3.63) is 36.5 Å². The lowest BCUT2D eigenvalue weighted by Gasteiger charge is -2.48. The van der Waals surface area contributed by atoms with E-state index >= 15 is 0 Å². The van der Waals surface area contributed by atoms with E-state index in [0.717, 1.165) is 64.2 Å². The molecule has 492 valence electrons. The zero-order valence-corrected chi connectivity index (χ0v) is 51.6. The van der Waals surface area contributed by atoms with Crippen LogP contribution >= 0.6 is 0 Å². The van der Waals surface area contributed by atoms with Gasteiger partial charge >= 0.3 is 0 Å². The molecule has 1 amide bonds. The number of aliphatic hydroxyl groups excluding tert-OH is 11. The third-order valence-corrected chi connectivity index (χ3v) is 16.6. The van der Waals surface area contributed by atoms with Crippen LogP contribution in [0.4, 0.5) is 0 Å². The molecule has 3 saturated heterocycles. The highest BCUT2D eigenvalue weighted by Gasteiger charge is 2.53. The van der Waals surface area contributed by atoms with Crippen LogP contribution in [0.25, 0.3) is 0 Å². The summed E-state index contributed by atoms with van der Waals surface area (Å²) in [6.07, 6.45) is 27.4. The largest absolute Gasteiger partial charge is 0.394 e. The highest BCUT2D eigenvalue weighted by molar-refractivity contribution is 5.76. The van der Waals surface area contributed by atoms with Gasteiger partial charge in [-0.3, -0.25) is 4.79 Å². The Morgan fingerprint density at radius 2 is 0.786 bits per heavy atom. The van der Waals surface area contributed by atoms with E-state index in [9.17, 15) is 61.0 Å². The van der Waals surface area contributed by atoms with Gasteiger partial charge in [-0.1, -0.05) is 217 Å². The molecule has 3 aliphatic rings. The van der Waals surface area contributed by atoms with Gasteiger partial charge in [0.25, 0.3) is 0 Å². The molecule has 0 aromatic rings. The molecule has 3 heterocycles. The fourth-order valence-electron chi connectivity index (χ4n) is 11.2. The van der Waals surface area contributed by atoms with Crippen molar-refractivity contribution in [2.45, 2.75) is 343 Å². The molecule has 0 aromatic carbocycles. The summed E-state index contributed by atoms with van der Waals surface area (Å²) >= 11 is 0. The van der Waals surface area contributed by atoms with Crippen LogP contribution in [0.3, 0.4) is 0 Å². The van der Waals surface area contributed by atoms with Crippen molar-refractivity contribution in [3.8, 4) is 0 Å². The summed E-state index contributed by atoms with van der Waals surface area (Å²) in [4.78, 5) is 13.3. The highest BCUT2D eigenvalue weighted by Crippen LogP contribution is 2.33. The molecule has 17 unspecified atom stereocenters. The summed E-state index contributed by atoms with van der Waals surface area (Å²) < 4.78 is 34.2. The highest BCUT2D eigenvalue weighted by atomic mass is 16.8. The average Bonchev–Trinajstić information content (AvgIpc) is 3.70. The number of ether oxygens (including phenoxy) is 6. The molecule has 0 spiro atoms. The fourth-order valence-corrected chi connectivity index (χ4v) is 11.2. The molecule has 0 radical (unpaired) electrons. The summed E-state index contributed by atoms with van der Waals surface area (Å²) in [6, 6.07) is -0.992. The first-order valence-electron chi connectivity index (χ1n) is 33.2. The van der Waals surface area contributed by atoms with E-state index in [1.807, 2.05) is 6.08 Å². The van der Waals surface area contributed by atoms with Gasteiger partial charge in [-0.2, -0.15) is 0 Å². The van der Waals surface area contributed by atoms with Crippen LogP contribution in [0, 0.1) is 0 Å². The molecule has 0 aliphatic carbocycles. The lowest BCUT2D eigenvalue weighted by molar-refractivity contribution is -0.379.